The summed E-state index contributed by atoms with van der Waals surface area (Å²) in [5.74, 6) is 0.685. The molecule has 0 aliphatic heterocycles. The lowest BCUT2D eigenvalue weighted by Crippen LogP contribution is -1.91. The number of benzene rings is 1. The molecule has 0 aliphatic rings. The van der Waals surface area contributed by atoms with Crippen molar-refractivity contribution in [2.75, 3.05) is 6.61 Å². The number of aliphatic hydroxyl groups excluding tert-OH is 1. The summed E-state index contributed by atoms with van der Waals surface area (Å²) in [5.41, 5.74) is 1.66. The highest BCUT2D eigenvalue weighted by atomic mass is 35.5. The standard InChI is InChI=1S/C11H10Cl2N2O/c12-8-3-1-7(2-4-8)11-14-9(5-6-16)10(13)15-11/h1-4,16H,5-6H2,(H,14,15). The second-order valence-electron chi connectivity index (χ2n) is 3.34. The summed E-state index contributed by atoms with van der Waals surface area (Å²) >= 11 is 11.7. The number of hydrogen-bond acceptors (Lipinski definition) is 2. The van der Waals surface area contributed by atoms with Gasteiger partial charge in [0, 0.05) is 23.6 Å². The first kappa shape index (κ1) is 11.5. The molecule has 2 rings (SSSR count). The molecule has 0 atom stereocenters. The molecule has 1 heterocycles. The van der Waals surface area contributed by atoms with Crippen molar-refractivity contribution in [1.29, 1.82) is 0 Å². The number of hydrogen-bond donors (Lipinski definition) is 2. The summed E-state index contributed by atoms with van der Waals surface area (Å²) in [6.07, 6.45) is 0.472. The summed E-state index contributed by atoms with van der Waals surface area (Å²) in [6.45, 7) is 0.0436. The van der Waals surface area contributed by atoms with Crippen LogP contribution >= 0.6 is 23.2 Å². The van der Waals surface area contributed by atoms with Crippen LogP contribution in [0.3, 0.4) is 0 Å². The number of rotatable bonds is 3. The van der Waals surface area contributed by atoms with Crippen LogP contribution in [-0.4, -0.2) is 21.7 Å². The fourth-order valence-electron chi connectivity index (χ4n) is 1.41. The smallest absolute Gasteiger partial charge is 0.150 e. The maximum atomic E-state index is 8.84. The number of aliphatic hydroxyl groups is 1. The van der Waals surface area contributed by atoms with Crippen molar-refractivity contribution in [2.45, 2.75) is 6.42 Å². The maximum absolute atomic E-state index is 8.84. The quantitative estimate of drug-likeness (QED) is 0.888. The van der Waals surface area contributed by atoms with E-state index in [0.29, 0.717) is 22.4 Å². The van der Waals surface area contributed by atoms with Crippen molar-refractivity contribution in [3.8, 4) is 11.4 Å². The molecule has 1 aromatic carbocycles. The Labute approximate surface area is 103 Å². The van der Waals surface area contributed by atoms with Gasteiger partial charge in [0.15, 0.2) is 5.15 Å². The Morgan fingerprint density at radius 2 is 1.88 bits per heavy atom. The largest absolute Gasteiger partial charge is 0.396 e. The molecule has 16 heavy (non-hydrogen) atoms. The van der Waals surface area contributed by atoms with Gasteiger partial charge in [0.05, 0.1) is 5.69 Å². The van der Waals surface area contributed by atoms with E-state index in [-0.39, 0.29) is 6.61 Å². The van der Waals surface area contributed by atoms with Crippen LogP contribution in [0.5, 0.6) is 0 Å². The van der Waals surface area contributed by atoms with Crippen LogP contribution in [0.2, 0.25) is 10.2 Å². The molecule has 0 radical (unpaired) electrons. The van der Waals surface area contributed by atoms with E-state index >= 15 is 0 Å². The van der Waals surface area contributed by atoms with Gasteiger partial charge < -0.3 is 10.1 Å². The Balaban J connectivity index is 2.33. The predicted octanol–water partition coefficient (Wildman–Crippen LogP) is 2.92. The van der Waals surface area contributed by atoms with Crippen LogP contribution in [0.1, 0.15) is 5.69 Å². The summed E-state index contributed by atoms with van der Waals surface area (Å²) in [6, 6.07) is 7.30. The Hall–Kier alpha value is -1.03. The molecule has 0 fully saturated rings. The number of imidazole rings is 1. The summed E-state index contributed by atoms with van der Waals surface area (Å²) < 4.78 is 0. The van der Waals surface area contributed by atoms with Gasteiger partial charge in [-0.2, -0.15) is 0 Å². The van der Waals surface area contributed by atoms with Crippen LogP contribution < -0.4 is 0 Å². The van der Waals surface area contributed by atoms with Crippen molar-refractivity contribution < 1.29 is 5.11 Å². The van der Waals surface area contributed by atoms with E-state index in [1.54, 1.807) is 12.1 Å². The average Bonchev–Trinajstić information content (AvgIpc) is 2.62. The summed E-state index contributed by atoms with van der Waals surface area (Å²) in [5, 5.41) is 9.92. The second-order valence-corrected chi connectivity index (χ2v) is 4.13. The van der Waals surface area contributed by atoms with E-state index in [1.165, 1.54) is 0 Å². The van der Waals surface area contributed by atoms with Crippen LogP contribution in [0.4, 0.5) is 0 Å². The van der Waals surface area contributed by atoms with Gasteiger partial charge >= 0.3 is 0 Å². The zero-order valence-corrected chi connectivity index (χ0v) is 9.89. The lowest BCUT2D eigenvalue weighted by atomic mass is 10.2. The van der Waals surface area contributed by atoms with Gasteiger partial charge in [-0.3, -0.25) is 0 Å². The molecule has 0 aliphatic carbocycles. The van der Waals surface area contributed by atoms with Gasteiger partial charge in [-0.15, -0.1) is 0 Å². The Kier molecular flexibility index (Phi) is 3.49. The van der Waals surface area contributed by atoms with Crippen LogP contribution in [0, 0.1) is 0 Å². The molecule has 0 amide bonds. The van der Waals surface area contributed by atoms with Gasteiger partial charge in [0.2, 0.25) is 0 Å². The zero-order chi connectivity index (χ0) is 11.5. The fraction of sp³-hybridized carbons (Fsp3) is 0.182. The summed E-state index contributed by atoms with van der Waals surface area (Å²) in [7, 11) is 0. The number of aromatic amines is 1. The van der Waals surface area contributed by atoms with E-state index in [4.69, 9.17) is 28.3 Å². The molecule has 2 N–H and O–H groups in total. The van der Waals surface area contributed by atoms with Crippen LogP contribution in [-0.2, 0) is 6.42 Å². The second kappa shape index (κ2) is 4.87. The number of nitrogens with zero attached hydrogens (tertiary/aromatic N) is 1. The Bertz CT molecular complexity index is 479. The van der Waals surface area contributed by atoms with Crippen molar-refractivity contribution in [3.05, 3.63) is 40.1 Å². The topological polar surface area (TPSA) is 48.9 Å². The number of aromatic nitrogens is 2. The highest BCUT2D eigenvalue weighted by Crippen LogP contribution is 2.22. The van der Waals surface area contributed by atoms with Crippen molar-refractivity contribution in [1.82, 2.24) is 9.97 Å². The first-order valence-electron chi connectivity index (χ1n) is 4.82. The molecule has 84 valence electrons. The highest BCUT2D eigenvalue weighted by molar-refractivity contribution is 6.30. The van der Waals surface area contributed by atoms with Crippen molar-refractivity contribution in [3.63, 3.8) is 0 Å². The van der Waals surface area contributed by atoms with E-state index in [2.05, 4.69) is 9.97 Å². The normalized spacial score (nSPS) is 10.7. The third kappa shape index (κ3) is 2.38. The van der Waals surface area contributed by atoms with Gasteiger partial charge in [0.1, 0.15) is 5.82 Å². The lowest BCUT2D eigenvalue weighted by molar-refractivity contribution is 0.298. The minimum absolute atomic E-state index is 0.0436. The molecule has 2 aromatic rings. The molecule has 0 spiro atoms. The number of nitrogens with one attached hydrogen (secondary N) is 1. The number of halogens is 2. The first-order chi connectivity index (χ1) is 7.70. The third-order valence-corrected chi connectivity index (χ3v) is 2.77. The van der Waals surface area contributed by atoms with Gasteiger partial charge in [-0.25, -0.2) is 4.98 Å². The zero-order valence-electron chi connectivity index (χ0n) is 8.37. The minimum Gasteiger partial charge on any atom is -0.396 e. The van der Waals surface area contributed by atoms with Crippen LogP contribution in [0.15, 0.2) is 24.3 Å². The van der Waals surface area contributed by atoms with E-state index in [1.807, 2.05) is 12.1 Å². The maximum Gasteiger partial charge on any atom is 0.150 e. The molecule has 3 nitrogen and oxygen atoms in total. The van der Waals surface area contributed by atoms with Crippen molar-refractivity contribution in [2.24, 2.45) is 0 Å². The third-order valence-electron chi connectivity index (χ3n) is 2.21. The molecule has 1 aromatic heterocycles. The molecular weight excluding hydrogens is 247 g/mol. The predicted molar refractivity (Wildman–Crippen MR) is 64.8 cm³/mol. The van der Waals surface area contributed by atoms with Gasteiger partial charge in [-0.05, 0) is 24.3 Å². The highest BCUT2D eigenvalue weighted by Gasteiger charge is 2.08. The lowest BCUT2D eigenvalue weighted by Gasteiger charge is -1.96. The van der Waals surface area contributed by atoms with Crippen LogP contribution in [0.25, 0.3) is 11.4 Å². The van der Waals surface area contributed by atoms with Crippen molar-refractivity contribution >= 4 is 23.2 Å². The fourth-order valence-corrected chi connectivity index (χ4v) is 1.76. The number of H-pyrrole nitrogens is 1. The minimum atomic E-state index is 0.0436. The molecule has 0 saturated heterocycles. The Morgan fingerprint density at radius 1 is 1.19 bits per heavy atom. The van der Waals surface area contributed by atoms with Gasteiger partial charge in [0.25, 0.3) is 0 Å². The van der Waals surface area contributed by atoms with Gasteiger partial charge in [-0.1, -0.05) is 23.2 Å². The first-order valence-corrected chi connectivity index (χ1v) is 5.57. The molecule has 0 bridgehead atoms. The monoisotopic (exact) mass is 256 g/mol. The van der Waals surface area contributed by atoms with E-state index in [0.717, 1.165) is 11.3 Å². The average molecular weight is 257 g/mol. The molecule has 0 saturated carbocycles. The summed E-state index contributed by atoms with van der Waals surface area (Å²) in [4.78, 5) is 7.26. The molecular formula is C11H10Cl2N2O. The van der Waals surface area contributed by atoms with E-state index < -0.39 is 0 Å². The SMILES string of the molecule is OCCc1[nH]c(-c2ccc(Cl)cc2)nc1Cl. The van der Waals surface area contributed by atoms with E-state index in [9.17, 15) is 0 Å². The molecule has 5 heteroatoms. The Morgan fingerprint density at radius 3 is 2.50 bits per heavy atom. The molecule has 0 unspecified atom stereocenters.